The lowest BCUT2D eigenvalue weighted by Gasteiger charge is -2.34. The number of carbonyl (C=O) groups is 2. The van der Waals surface area contributed by atoms with E-state index in [9.17, 15) is 18.0 Å². The van der Waals surface area contributed by atoms with Crippen molar-refractivity contribution < 1.29 is 22.7 Å². The van der Waals surface area contributed by atoms with Gasteiger partial charge in [0.2, 0.25) is 21.8 Å². The molecule has 3 aromatic rings. The molecule has 2 amide bonds. The molecule has 0 aromatic heterocycles. The van der Waals surface area contributed by atoms with Crippen LogP contribution in [0.3, 0.4) is 0 Å². The molecule has 4 rings (SSSR count). The number of carbonyl (C=O) groups excluding carboxylic acids is 2. The Morgan fingerprint density at radius 3 is 2.33 bits per heavy atom. The van der Waals surface area contributed by atoms with Crippen LogP contribution in [-0.4, -0.2) is 56.6 Å². The van der Waals surface area contributed by atoms with Crippen LogP contribution in [0.4, 0.5) is 5.69 Å². The smallest absolute Gasteiger partial charge is 0.244 e. The zero-order chi connectivity index (χ0) is 31.0. The number of amides is 2. The molecule has 0 bridgehead atoms. The first-order chi connectivity index (χ1) is 20.6. The summed E-state index contributed by atoms with van der Waals surface area (Å²) >= 11 is 12.7. The minimum atomic E-state index is -3.94. The van der Waals surface area contributed by atoms with Crippen molar-refractivity contribution in [3.63, 3.8) is 0 Å². The van der Waals surface area contributed by atoms with Gasteiger partial charge < -0.3 is 15.0 Å². The van der Waals surface area contributed by atoms with Crippen LogP contribution in [-0.2, 0) is 32.6 Å². The van der Waals surface area contributed by atoms with Gasteiger partial charge in [0.05, 0.1) is 18.6 Å². The zero-order valence-corrected chi connectivity index (χ0v) is 26.7. The first-order valence-corrected chi connectivity index (χ1v) is 16.9. The number of hydrogen-bond donors (Lipinski definition) is 1. The molecule has 1 unspecified atom stereocenters. The van der Waals surface area contributed by atoms with E-state index in [2.05, 4.69) is 5.32 Å². The molecule has 1 fully saturated rings. The van der Waals surface area contributed by atoms with Gasteiger partial charge >= 0.3 is 0 Å². The van der Waals surface area contributed by atoms with Gasteiger partial charge in [-0.05, 0) is 55.2 Å². The molecule has 0 spiro atoms. The third kappa shape index (κ3) is 8.87. The molecule has 0 aliphatic heterocycles. The number of halogens is 2. The summed E-state index contributed by atoms with van der Waals surface area (Å²) in [5, 5.41) is 3.91. The number of para-hydroxylation sites is 2. The third-order valence-electron chi connectivity index (χ3n) is 7.44. The van der Waals surface area contributed by atoms with E-state index < -0.39 is 28.5 Å². The normalized spacial score (nSPS) is 14.2. The highest BCUT2D eigenvalue weighted by Gasteiger charge is 2.35. The average Bonchev–Trinajstić information content (AvgIpc) is 3.48. The molecule has 0 saturated heterocycles. The summed E-state index contributed by atoms with van der Waals surface area (Å²) in [5.41, 5.74) is 1.67. The summed E-state index contributed by atoms with van der Waals surface area (Å²) in [4.78, 5) is 29.7. The van der Waals surface area contributed by atoms with Crippen molar-refractivity contribution in [2.45, 2.75) is 57.7 Å². The summed E-state index contributed by atoms with van der Waals surface area (Å²) in [6.45, 7) is 1.52. The van der Waals surface area contributed by atoms with Gasteiger partial charge in [-0.3, -0.25) is 13.9 Å². The lowest BCUT2D eigenvalue weighted by atomic mass is 10.0. The van der Waals surface area contributed by atoms with Gasteiger partial charge in [0.1, 0.15) is 18.3 Å². The fourth-order valence-corrected chi connectivity index (χ4v) is 6.61. The van der Waals surface area contributed by atoms with Crippen molar-refractivity contribution in [1.82, 2.24) is 10.2 Å². The van der Waals surface area contributed by atoms with Crippen molar-refractivity contribution >= 4 is 50.7 Å². The van der Waals surface area contributed by atoms with E-state index in [-0.39, 0.29) is 30.6 Å². The van der Waals surface area contributed by atoms with Crippen LogP contribution in [0.1, 0.15) is 43.7 Å². The Balaban J connectivity index is 1.76. The molecule has 0 heterocycles. The highest BCUT2D eigenvalue weighted by molar-refractivity contribution is 7.92. The maximum Gasteiger partial charge on any atom is 0.244 e. The zero-order valence-electron chi connectivity index (χ0n) is 24.3. The number of sulfonamides is 1. The van der Waals surface area contributed by atoms with Crippen LogP contribution in [0.15, 0.2) is 72.8 Å². The highest BCUT2D eigenvalue weighted by atomic mass is 35.5. The first kappa shape index (κ1) is 32.6. The predicted octanol–water partition coefficient (Wildman–Crippen LogP) is 5.86. The first-order valence-electron chi connectivity index (χ1n) is 14.3. The summed E-state index contributed by atoms with van der Waals surface area (Å²) < 4.78 is 32.9. The molecule has 11 heteroatoms. The Morgan fingerprint density at radius 2 is 1.67 bits per heavy atom. The largest absolute Gasteiger partial charge is 0.492 e. The molecule has 230 valence electrons. The van der Waals surface area contributed by atoms with E-state index in [1.165, 1.54) is 4.90 Å². The minimum Gasteiger partial charge on any atom is -0.492 e. The van der Waals surface area contributed by atoms with E-state index in [1.54, 1.807) is 49.4 Å². The topological polar surface area (TPSA) is 96.0 Å². The van der Waals surface area contributed by atoms with Crippen molar-refractivity contribution in [1.29, 1.82) is 0 Å². The number of benzene rings is 3. The van der Waals surface area contributed by atoms with Crippen LogP contribution in [0.5, 0.6) is 5.75 Å². The van der Waals surface area contributed by atoms with Gasteiger partial charge in [-0.2, -0.15) is 0 Å². The van der Waals surface area contributed by atoms with E-state index >= 15 is 0 Å². The molecular weight excluding hydrogens is 609 g/mol. The van der Waals surface area contributed by atoms with Gasteiger partial charge in [0.25, 0.3) is 0 Å². The fraction of sp³-hybridized carbons (Fsp3) is 0.375. The molecule has 3 aromatic carbocycles. The molecule has 1 saturated carbocycles. The standard InChI is InChI=1S/C32H37Cl2N3O5S/c1-3-42-30-16-10-9-15-28(30)37(43(2,40)41)22-31(38)36(21-24-17-18-25(33)20-27(24)34)29(19-23-11-5-4-6-12-23)32(39)35-26-13-7-8-14-26/h4-6,9-12,15-18,20,26,29H,3,7-8,13-14,19,21-22H2,1-2H3,(H,35,39). The monoisotopic (exact) mass is 645 g/mol. The molecule has 8 nitrogen and oxygen atoms in total. The fourth-order valence-electron chi connectivity index (χ4n) is 5.29. The molecule has 1 atom stereocenters. The van der Waals surface area contributed by atoms with Crippen molar-refractivity contribution in [2.75, 3.05) is 23.7 Å². The van der Waals surface area contributed by atoms with Crippen molar-refractivity contribution in [2.24, 2.45) is 0 Å². The lowest BCUT2D eigenvalue weighted by molar-refractivity contribution is -0.140. The maximum absolute atomic E-state index is 14.3. The number of nitrogens with one attached hydrogen (secondary N) is 1. The second-order valence-electron chi connectivity index (χ2n) is 10.6. The number of rotatable bonds is 13. The van der Waals surface area contributed by atoms with Crippen LogP contribution in [0, 0.1) is 0 Å². The van der Waals surface area contributed by atoms with Crippen molar-refractivity contribution in [3.05, 3.63) is 94.0 Å². The van der Waals surface area contributed by atoms with Crippen LogP contribution < -0.4 is 14.4 Å². The Labute approximate surface area is 264 Å². The summed E-state index contributed by atoms with van der Waals surface area (Å²) in [7, 11) is -3.94. The minimum absolute atomic E-state index is 0.0208. The van der Waals surface area contributed by atoms with Crippen LogP contribution in [0.2, 0.25) is 10.0 Å². The summed E-state index contributed by atoms with van der Waals surface area (Å²) in [5.74, 6) is -0.532. The van der Waals surface area contributed by atoms with Crippen LogP contribution in [0.25, 0.3) is 0 Å². The Morgan fingerprint density at radius 1 is 1.00 bits per heavy atom. The second-order valence-corrected chi connectivity index (χ2v) is 13.4. The quantitative estimate of drug-likeness (QED) is 0.251. The molecule has 1 aliphatic carbocycles. The number of ether oxygens (including phenoxy) is 1. The average molecular weight is 647 g/mol. The number of anilines is 1. The third-order valence-corrected chi connectivity index (χ3v) is 9.15. The van der Waals surface area contributed by atoms with E-state index in [0.717, 1.165) is 41.8 Å². The summed E-state index contributed by atoms with van der Waals surface area (Å²) in [6, 6.07) is 20.1. The van der Waals surface area contributed by atoms with E-state index in [1.807, 2.05) is 30.3 Å². The van der Waals surface area contributed by atoms with Crippen molar-refractivity contribution in [3.8, 4) is 5.75 Å². The molecule has 43 heavy (non-hydrogen) atoms. The van der Waals surface area contributed by atoms with Gasteiger partial charge in [-0.1, -0.05) is 84.6 Å². The molecule has 1 N–H and O–H groups in total. The highest BCUT2D eigenvalue weighted by Crippen LogP contribution is 2.31. The maximum atomic E-state index is 14.3. The van der Waals surface area contributed by atoms with Gasteiger partial charge in [0.15, 0.2) is 0 Å². The van der Waals surface area contributed by atoms with E-state index in [4.69, 9.17) is 27.9 Å². The molecule has 0 radical (unpaired) electrons. The Bertz CT molecular complexity index is 1510. The number of nitrogens with zero attached hydrogens (tertiary/aromatic N) is 2. The Kier molecular flexibility index (Phi) is 11.3. The molecular formula is C32H37Cl2N3O5S. The summed E-state index contributed by atoms with van der Waals surface area (Å²) in [6.07, 6.45) is 5.07. The molecule has 1 aliphatic rings. The van der Waals surface area contributed by atoms with Gasteiger partial charge in [0, 0.05) is 29.1 Å². The Hall–Kier alpha value is -3.27. The second kappa shape index (κ2) is 14.9. The van der Waals surface area contributed by atoms with E-state index in [0.29, 0.717) is 28.0 Å². The SMILES string of the molecule is CCOc1ccccc1N(CC(=O)N(Cc1ccc(Cl)cc1Cl)C(Cc1ccccc1)C(=O)NC1CCCC1)S(C)(=O)=O. The lowest BCUT2D eigenvalue weighted by Crippen LogP contribution is -2.54. The van der Waals surface area contributed by atoms with Crippen LogP contribution >= 0.6 is 23.2 Å². The predicted molar refractivity (Wildman–Crippen MR) is 171 cm³/mol. The van der Waals surface area contributed by atoms with Gasteiger partial charge in [-0.25, -0.2) is 8.42 Å². The van der Waals surface area contributed by atoms with Gasteiger partial charge in [-0.15, -0.1) is 0 Å². The number of hydrogen-bond acceptors (Lipinski definition) is 5.